The molecule has 0 radical (unpaired) electrons. The number of allylic oxidation sites excluding steroid dienone is 24. The van der Waals surface area contributed by atoms with Gasteiger partial charge in [0.1, 0.15) is 25.4 Å². The molecule has 0 aliphatic rings. The third kappa shape index (κ3) is 76.4. The number of esters is 3. The molecule has 0 aliphatic carbocycles. The molecule has 4 N–H and O–H groups in total. The zero-order chi connectivity index (χ0) is 73.7. The molecule has 0 saturated heterocycles. The van der Waals surface area contributed by atoms with E-state index in [1.807, 2.05) is 0 Å². The molecule has 0 heterocycles. The summed E-state index contributed by atoms with van der Waals surface area (Å²) < 4.78 is 61.1. The largest absolute Gasteiger partial charge is 0.472 e. The van der Waals surface area contributed by atoms with Crippen LogP contribution in [0.15, 0.2) is 146 Å². The first-order valence-electron chi connectivity index (χ1n) is 39.1. The van der Waals surface area contributed by atoms with Gasteiger partial charge in [0.2, 0.25) is 0 Å². The number of hydrogen-bond donors (Lipinski definition) is 4. The minimum Gasteiger partial charge on any atom is -0.463 e. The first-order valence-corrected chi connectivity index (χ1v) is 42.1. The summed E-state index contributed by atoms with van der Waals surface area (Å²) >= 11 is 0. The number of aliphatic hydroxyl groups is 2. The minimum absolute atomic E-state index is 0.0870. The molecule has 0 aromatic carbocycles. The maximum Gasteiger partial charge on any atom is 0.472 e. The average Bonchev–Trinajstić information content (AvgIpc) is 0.936. The highest BCUT2D eigenvalue weighted by Crippen LogP contribution is 2.45. The predicted octanol–water partition coefficient (Wildman–Crippen LogP) is 22.9. The van der Waals surface area contributed by atoms with Gasteiger partial charge in [0, 0.05) is 19.3 Å². The van der Waals surface area contributed by atoms with Crippen molar-refractivity contribution < 1.29 is 75.8 Å². The molecule has 0 aliphatic heterocycles. The molecule has 0 fully saturated rings. The van der Waals surface area contributed by atoms with Crippen LogP contribution in [0.1, 0.15) is 303 Å². The summed E-state index contributed by atoms with van der Waals surface area (Å²) in [7, 11) is -9.80. The number of unbranched alkanes of at least 4 members (excludes halogenated alkanes) is 26. The second kappa shape index (κ2) is 75.1. The summed E-state index contributed by atoms with van der Waals surface area (Å²) in [6, 6.07) is 0. The van der Waals surface area contributed by atoms with Crippen LogP contribution in [0.2, 0.25) is 0 Å². The van der Waals surface area contributed by atoms with Crippen LogP contribution < -0.4 is 0 Å². The quantitative estimate of drug-likeness (QED) is 0.0146. The highest BCUT2D eigenvalue weighted by atomic mass is 31.2. The van der Waals surface area contributed by atoms with Crippen molar-refractivity contribution in [3.63, 3.8) is 0 Å². The van der Waals surface area contributed by atoms with E-state index in [4.69, 9.17) is 32.3 Å². The molecule has 5 atom stereocenters. The Morgan fingerprint density at radius 1 is 0.287 bits per heavy atom. The van der Waals surface area contributed by atoms with Crippen LogP contribution in [0, 0.1) is 0 Å². The molecule has 5 unspecified atom stereocenters. The zero-order valence-corrected chi connectivity index (χ0v) is 64.8. The Kier molecular flexibility index (Phi) is 71.7. The Bertz CT molecular complexity index is 2420. The lowest BCUT2D eigenvalue weighted by Gasteiger charge is -2.21. The lowest BCUT2D eigenvalue weighted by Crippen LogP contribution is -2.30. The van der Waals surface area contributed by atoms with E-state index in [0.29, 0.717) is 19.3 Å². The smallest absolute Gasteiger partial charge is 0.463 e. The van der Waals surface area contributed by atoms with Crippen LogP contribution in [-0.2, 0) is 55.8 Å². The lowest BCUT2D eigenvalue weighted by atomic mass is 10.0. The Morgan fingerprint density at radius 3 is 0.842 bits per heavy atom. The standard InChI is InChI=1S/C83H140O16P2/c1-4-7-10-13-16-19-22-25-27-29-31-33-34-35-36-37-38-39-40-41-42-44-46-47-49-52-54-57-60-63-66-69-81(86)93-72-78(84)73-95-100(89,90)96-74-79(85)75-97-101(91,92)98-77-80(99-83(88)71-68-65-62-59-56-51-24-21-18-15-12-9-6-3)76-94-82(87)70-67-64-61-58-55-53-50-48-45-43-32-30-28-26-23-20-17-14-11-8-5-2/h7-8,10-11,16-17,19-21,24-28,31-33,35-36,38-39,43,48,50,78-80,84-85H,4-6,9,12-15,18,22-23,29-30,34,37,40-42,44-47,49,51-77H2,1-3H3,(H,89,90)(H,91,92)/b10-7-,11-8-,19-16-,20-17-,24-21-,27-25-,28-26-,33-31-,36-35-,39-38-,43-32-,50-48-. The van der Waals surface area contributed by atoms with Gasteiger partial charge in [0.25, 0.3) is 0 Å². The van der Waals surface area contributed by atoms with Crippen LogP contribution >= 0.6 is 15.6 Å². The van der Waals surface area contributed by atoms with Crippen LogP contribution in [0.3, 0.4) is 0 Å². The maximum absolute atomic E-state index is 12.9. The van der Waals surface area contributed by atoms with Gasteiger partial charge in [-0.05, 0) is 141 Å². The molecular formula is C83H140O16P2. The number of carbonyl (C=O) groups is 3. The van der Waals surface area contributed by atoms with Crippen LogP contribution in [0.5, 0.6) is 0 Å². The fourth-order valence-electron chi connectivity index (χ4n) is 10.1. The minimum atomic E-state index is -4.94. The number of phosphoric acid groups is 2. The van der Waals surface area contributed by atoms with Crippen molar-refractivity contribution >= 4 is 33.6 Å². The van der Waals surface area contributed by atoms with Gasteiger partial charge in [0.15, 0.2) is 6.10 Å². The first-order chi connectivity index (χ1) is 49.2. The Labute approximate surface area is 613 Å². The van der Waals surface area contributed by atoms with E-state index in [9.17, 15) is 43.5 Å². The number of rotatable bonds is 73. The Morgan fingerprint density at radius 2 is 0.525 bits per heavy atom. The maximum atomic E-state index is 12.9. The summed E-state index contributed by atoms with van der Waals surface area (Å²) in [6.07, 6.45) is 91.9. The van der Waals surface area contributed by atoms with Gasteiger partial charge >= 0.3 is 33.6 Å². The molecule has 0 rings (SSSR count). The van der Waals surface area contributed by atoms with E-state index >= 15 is 0 Å². The molecule has 0 spiro atoms. The van der Waals surface area contributed by atoms with Crippen LogP contribution in [0.4, 0.5) is 0 Å². The number of hydrogen-bond acceptors (Lipinski definition) is 14. The lowest BCUT2D eigenvalue weighted by molar-refractivity contribution is -0.161. The molecular weight excluding hydrogens is 1310 g/mol. The van der Waals surface area contributed by atoms with Gasteiger partial charge in [-0.15, -0.1) is 0 Å². The Hall–Kier alpha value is -4.57. The van der Waals surface area contributed by atoms with Gasteiger partial charge in [-0.2, -0.15) is 0 Å². The van der Waals surface area contributed by atoms with Crippen LogP contribution in [0.25, 0.3) is 0 Å². The summed E-state index contributed by atoms with van der Waals surface area (Å²) in [4.78, 5) is 58.6. The zero-order valence-electron chi connectivity index (χ0n) is 63.0. The topological polar surface area (TPSA) is 231 Å². The summed E-state index contributed by atoms with van der Waals surface area (Å²) in [5.74, 6) is -1.61. The number of ether oxygens (including phenoxy) is 3. The first kappa shape index (κ1) is 96.4. The van der Waals surface area contributed by atoms with E-state index < -0.39 is 91.5 Å². The highest BCUT2D eigenvalue weighted by molar-refractivity contribution is 7.47. The van der Waals surface area contributed by atoms with E-state index in [0.717, 1.165) is 167 Å². The molecule has 16 nitrogen and oxygen atoms in total. The molecule has 0 bridgehead atoms. The number of aliphatic hydroxyl groups excluding tert-OH is 2. The molecule has 0 saturated carbocycles. The van der Waals surface area contributed by atoms with Gasteiger partial charge in [0.05, 0.1) is 26.4 Å². The van der Waals surface area contributed by atoms with E-state index in [2.05, 4.69) is 167 Å². The van der Waals surface area contributed by atoms with Gasteiger partial charge < -0.3 is 34.2 Å². The third-order valence-electron chi connectivity index (χ3n) is 16.0. The van der Waals surface area contributed by atoms with Crippen LogP contribution in [-0.4, -0.2) is 95.9 Å². The highest BCUT2D eigenvalue weighted by Gasteiger charge is 2.29. The van der Waals surface area contributed by atoms with Crippen molar-refractivity contribution in [3.8, 4) is 0 Å². The second-order valence-electron chi connectivity index (χ2n) is 25.7. The fourth-order valence-corrected chi connectivity index (χ4v) is 11.7. The normalized spacial score (nSPS) is 14.8. The monoisotopic (exact) mass is 1450 g/mol. The fraction of sp³-hybridized carbons (Fsp3) is 0.675. The summed E-state index contributed by atoms with van der Waals surface area (Å²) in [5, 5.41) is 20.6. The van der Waals surface area contributed by atoms with Gasteiger partial charge in [-0.1, -0.05) is 289 Å². The van der Waals surface area contributed by atoms with Crippen molar-refractivity contribution in [3.05, 3.63) is 146 Å². The summed E-state index contributed by atoms with van der Waals surface area (Å²) in [5.41, 5.74) is 0. The van der Waals surface area contributed by atoms with Crippen molar-refractivity contribution in [1.29, 1.82) is 0 Å². The molecule has 101 heavy (non-hydrogen) atoms. The molecule has 0 aromatic rings. The molecule has 578 valence electrons. The molecule has 0 amide bonds. The van der Waals surface area contributed by atoms with E-state index in [1.165, 1.54) is 77.0 Å². The van der Waals surface area contributed by atoms with E-state index in [1.54, 1.807) is 0 Å². The summed E-state index contributed by atoms with van der Waals surface area (Å²) in [6.45, 7) is 2.40. The number of phosphoric ester groups is 2. The third-order valence-corrected chi connectivity index (χ3v) is 17.9. The SMILES string of the molecule is CC/C=C\C/C=C\C/C=C\C/C=C\C/C=C\C/C=C\CCCCCCCCCCCCCCC(=O)OCC(O)COP(=O)(O)OCC(O)COP(=O)(O)OCC(COC(=O)CCCCCCC/C=C\C/C=C\C/C=C\C/C=C\C/C=C\CC)OC(=O)CCCCCCC/C=C\CCCCCC. The second-order valence-corrected chi connectivity index (χ2v) is 28.7. The van der Waals surface area contributed by atoms with Crippen molar-refractivity contribution in [2.45, 2.75) is 322 Å². The average molecular weight is 1460 g/mol. The predicted molar refractivity (Wildman–Crippen MR) is 417 cm³/mol. The Balaban J connectivity index is 4.49. The molecule has 0 aromatic heterocycles. The number of carbonyl (C=O) groups excluding carboxylic acids is 3. The van der Waals surface area contributed by atoms with Gasteiger partial charge in [-0.3, -0.25) is 32.5 Å². The van der Waals surface area contributed by atoms with Gasteiger partial charge in [-0.25, -0.2) is 9.13 Å². The van der Waals surface area contributed by atoms with Crippen molar-refractivity contribution in [2.75, 3.05) is 39.6 Å². The molecule has 18 heteroatoms. The van der Waals surface area contributed by atoms with Crippen molar-refractivity contribution in [1.82, 2.24) is 0 Å². The van der Waals surface area contributed by atoms with E-state index in [-0.39, 0.29) is 19.3 Å². The van der Waals surface area contributed by atoms with Crippen molar-refractivity contribution in [2.24, 2.45) is 0 Å².